The molecule has 0 saturated carbocycles. The highest BCUT2D eigenvalue weighted by Gasteiger charge is 2.20. The lowest BCUT2D eigenvalue weighted by Crippen LogP contribution is -2.43. The number of amides is 1. The van der Waals surface area contributed by atoms with Crippen LogP contribution in [0.2, 0.25) is 10.0 Å². The van der Waals surface area contributed by atoms with Gasteiger partial charge in [0.25, 0.3) is 5.91 Å². The molecule has 1 saturated heterocycles. The Labute approximate surface area is 176 Å². The lowest BCUT2D eigenvalue weighted by atomic mass is 10.1. The number of terminal acetylenes is 1. The van der Waals surface area contributed by atoms with Crippen molar-refractivity contribution in [1.82, 2.24) is 10.3 Å². The number of nitrogens with one attached hydrogen (secondary N) is 2. The number of halogens is 2. The third-order valence-corrected chi connectivity index (χ3v) is 6.06. The van der Waals surface area contributed by atoms with E-state index < -0.39 is 5.91 Å². The Morgan fingerprint density at radius 3 is 2.64 bits per heavy atom. The summed E-state index contributed by atoms with van der Waals surface area (Å²) in [6.45, 7) is 3.52. The summed E-state index contributed by atoms with van der Waals surface area (Å²) in [5, 5.41) is 7.15. The molecule has 5 nitrogen and oxygen atoms in total. The fraction of sp³-hybridized carbons (Fsp3) is 0.200. The predicted octanol–water partition coefficient (Wildman–Crippen LogP) is 4.25. The van der Waals surface area contributed by atoms with Crippen molar-refractivity contribution in [3.05, 3.63) is 51.5 Å². The van der Waals surface area contributed by atoms with Gasteiger partial charge >= 0.3 is 0 Å². The quantitative estimate of drug-likeness (QED) is 0.609. The van der Waals surface area contributed by atoms with Gasteiger partial charge in [0.15, 0.2) is 5.13 Å². The van der Waals surface area contributed by atoms with Crippen molar-refractivity contribution in [2.24, 2.45) is 0 Å². The Morgan fingerprint density at radius 1 is 1.25 bits per heavy atom. The molecular formula is C20H16Cl2N4OS. The molecular weight excluding hydrogens is 415 g/mol. The monoisotopic (exact) mass is 430 g/mol. The summed E-state index contributed by atoms with van der Waals surface area (Å²) in [4.78, 5) is 19.4. The Kier molecular flexibility index (Phi) is 5.42. The number of piperazine rings is 1. The van der Waals surface area contributed by atoms with Gasteiger partial charge < -0.3 is 10.2 Å². The second kappa shape index (κ2) is 7.98. The van der Waals surface area contributed by atoms with Crippen molar-refractivity contribution in [1.29, 1.82) is 0 Å². The number of carbonyl (C=O) groups excluding carboxylic acids is 1. The van der Waals surface area contributed by atoms with Crippen molar-refractivity contribution in [2.45, 2.75) is 0 Å². The van der Waals surface area contributed by atoms with Gasteiger partial charge in [-0.2, -0.15) is 0 Å². The lowest BCUT2D eigenvalue weighted by Gasteiger charge is -2.30. The molecule has 142 valence electrons. The van der Waals surface area contributed by atoms with Gasteiger partial charge in [-0.05, 0) is 24.3 Å². The molecule has 28 heavy (non-hydrogen) atoms. The van der Waals surface area contributed by atoms with Crippen molar-refractivity contribution < 1.29 is 4.79 Å². The highest BCUT2D eigenvalue weighted by Crippen LogP contribution is 2.33. The van der Waals surface area contributed by atoms with E-state index in [0.29, 0.717) is 26.3 Å². The summed E-state index contributed by atoms with van der Waals surface area (Å²) < 4.78 is 0.900. The molecule has 1 amide bonds. The molecule has 8 heteroatoms. The highest BCUT2D eigenvalue weighted by molar-refractivity contribution is 7.22. The Hall–Kier alpha value is -2.30. The average molecular weight is 431 g/mol. The molecule has 3 aromatic rings. The molecule has 0 bridgehead atoms. The standard InChI is InChI=1S/C20H16Cl2N4OS/c1-2-12-4-3-5-16-18(12)24-20(28-16)25-19(27)17-14(21)10-13(11-15(17)22)26-8-6-23-7-9-26/h1,3-5,10-11,23H,6-9H2,(H,24,25,27). The van der Waals surface area contributed by atoms with Crippen LogP contribution in [0.15, 0.2) is 30.3 Å². The minimum absolute atomic E-state index is 0.235. The average Bonchev–Trinajstić information content (AvgIpc) is 3.10. The number of rotatable bonds is 3. The van der Waals surface area contributed by atoms with Crippen LogP contribution in [0.3, 0.4) is 0 Å². The number of aromatic nitrogens is 1. The van der Waals surface area contributed by atoms with Crippen molar-refractivity contribution in [3.63, 3.8) is 0 Å². The molecule has 1 aromatic heterocycles. The first kappa shape index (κ1) is 19.0. The first-order valence-corrected chi connectivity index (χ1v) is 10.3. The maximum absolute atomic E-state index is 12.8. The molecule has 4 rings (SSSR count). The first-order valence-electron chi connectivity index (χ1n) is 8.69. The molecule has 1 aliphatic heterocycles. The number of hydrogen-bond donors (Lipinski definition) is 2. The maximum atomic E-state index is 12.8. The Morgan fingerprint density at radius 2 is 1.96 bits per heavy atom. The zero-order valence-electron chi connectivity index (χ0n) is 14.8. The summed E-state index contributed by atoms with van der Waals surface area (Å²) in [6, 6.07) is 9.15. The van der Waals surface area contributed by atoms with Crippen molar-refractivity contribution >= 4 is 61.5 Å². The summed E-state index contributed by atoms with van der Waals surface area (Å²) in [5.74, 6) is 2.20. The first-order chi connectivity index (χ1) is 13.6. The lowest BCUT2D eigenvalue weighted by molar-refractivity contribution is 0.102. The van der Waals surface area contributed by atoms with E-state index in [4.69, 9.17) is 29.6 Å². The van der Waals surface area contributed by atoms with Gasteiger partial charge in [-0.3, -0.25) is 10.1 Å². The largest absolute Gasteiger partial charge is 0.369 e. The van der Waals surface area contributed by atoms with Crippen LogP contribution in [0.5, 0.6) is 0 Å². The Balaban J connectivity index is 1.60. The van der Waals surface area contributed by atoms with Crippen LogP contribution in [0.1, 0.15) is 15.9 Å². The fourth-order valence-electron chi connectivity index (χ4n) is 3.16. The van der Waals surface area contributed by atoms with Crippen LogP contribution in [-0.4, -0.2) is 37.1 Å². The molecule has 0 spiro atoms. The Bertz CT molecular complexity index is 1080. The van der Waals surface area contributed by atoms with Crippen LogP contribution < -0.4 is 15.5 Å². The molecule has 2 aromatic carbocycles. The molecule has 0 aliphatic carbocycles. The number of anilines is 2. The van der Waals surface area contributed by atoms with Gasteiger partial charge in [0.05, 0.1) is 31.4 Å². The zero-order chi connectivity index (χ0) is 19.7. The number of carbonyl (C=O) groups is 1. The number of fused-ring (bicyclic) bond motifs is 1. The van der Waals surface area contributed by atoms with Gasteiger partial charge in [-0.1, -0.05) is 46.5 Å². The third kappa shape index (κ3) is 3.67. The van der Waals surface area contributed by atoms with E-state index in [1.807, 2.05) is 18.2 Å². The summed E-state index contributed by atoms with van der Waals surface area (Å²) in [7, 11) is 0. The van der Waals surface area contributed by atoms with Crippen LogP contribution >= 0.6 is 34.5 Å². The number of benzene rings is 2. The van der Waals surface area contributed by atoms with Crippen LogP contribution in [0.4, 0.5) is 10.8 Å². The van der Waals surface area contributed by atoms with E-state index in [9.17, 15) is 4.79 Å². The molecule has 0 radical (unpaired) electrons. The summed E-state index contributed by atoms with van der Waals surface area (Å²) >= 11 is 14.2. The van der Waals surface area contributed by atoms with Gasteiger partial charge in [0, 0.05) is 31.9 Å². The normalized spacial score (nSPS) is 14.1. The zero-order valence-corrected chi connectivity index (χ0v) is 17.1. The van der Waals surface area contributed by atoms with E-state index in [1.165, 1.54) is 11.3 Å². The number of nitrogens with zero attached hydrogens (tertiary/aromatic N) is 2. The van der Waals surface area contributed by atoms with Crippen LogP contribution in [0, 0.1) is 12.3 Å². The van der Waals surface area contributed by atoms with E-state index in [1.54, 1.807) is 12.1 Å². The second-order valence-electron chi connectivity index (χ2n) is 6.29. The SMILES string of the molecule is C#Cc1cccc2sc(NC(=O)c3c(Cl)cc(N4CCNCC4)cc3Cl)nc12. The van der Waals surface area contributed by atoms with Gasteiger partial charge in [0.1, 0.15) is 0 Å². The predicted molar refractivity (Wildman–Crippen MR) is 117 cm³/mol. The maximum Gasteiger partial charge on any atom is 0.260 e. The second-order valence-corrected chi connectivity index (χ2v) is 8.14. The van der Waals surface area contributed by atoms with E-state index in [-0.39, 0.29) is 5.56 Å². The highest BCUT2D eigenvalue weighted by atomic mass is 35.5. The molecule has 0 atom stereocenters. The molecule has 1 aliphatic rings. The van der Waals surface area contributed by atoms with Crippen LogP contribution in [0.25, 0.3) is 10.2 Å². The van der Waals surface area contributed by atoms with Gasteiger partial charge in [-0.25, -0.2) is 4.98 Å². The van der Waals surface area contributed by atoms with Crippen molar-refractivity contribution in [3.8, 4) is 12.3 Å². The number of hydrogen-bond acceptors (Lipinski definition) is 5. The van der Waals surface area contributed by atoms with E-state index in [0.717, 1.165) is 36.6 Å². The fourth-order valence-corrected chi connectivity index (χ4v) is 4.70. The van der Waals surface area contributed by atoms with Gasteiger partial charge in [0.2, 0.25) is 0 Å². The number of para-hydroxylation sites is 1. The van der Waals surface area contributed by atoms with E-state index >= 15 is 0 Å². The van der Waals surface area contributed by atoms with Crippen LogP contribution in [-0.2, 0) is 0 Å². The smallest absolute Gasteiger partial charge is 0.260 e. The topological polar surface area (TPSA) is 57.3 Å². The van der Waals surface area contributed by atoms with Gasteiger partial charge in [-0.15, -0.1) is 6.42 Å². The summed E-state index contributed by atoms with van der Waals surface area (Å²) in [5.41, 5.74) is 2.52. The summed E-state index contributed by atoms with van der Waals surface area (Å²) in [6.07, 6.45) is 5.52. The third-order valence-electron chi connectivity index (χ3n) is 4.53. The molecule has 1 fully saturated rings. The number of thiazole rings is 1. The molecule has 2 heterocycles. The molecule has 2 N–H and O–H groups in total. The van der Waals surface area contributed by atoms with Crippen molar-refractivity contribution in [2.75, 3.05) is 36.4 Å². The van der Waals surface area contributed by atoms with E-state index in [2.05, 4.69) is 26.4 Å². The minimum Gasteiger partial charge on any atom is -0.369 e. The minimum atomic E-state index is -0.400. The molecule has 0 unspecified atom stereocenters.